The SMILES string of the molecule is CCOC(=O)C1=C(c2ccccc2)N=c2s/c(=C\c3ccc(-c4ccc(Br)cc4)o3)c(=O)n2C1c1ccc2c(c1)OCO2. The highest BCUT2D eigenvalue weighted by Gasteiger charge is 2.36. The molecule has 1 atom stereocenters. The van der Waals surface area contributed by atoms with E-state index in [0.717, 1.165) is 15.6 Å². The number of hydrogen-bond acceptors (Lipinski definition) is 8. The van der Waals surface area contributed by atoms with Gasteiger partial charge in [-0.05, 0) is 48.9 Å². The number of ether oxygens (including phenoxy) is 3. The molecule has 8 nitrogen and oxygen atoms in total. The normalized spacial score (nSPS) is 15.8. The average Bonchev–Trinajstić information content (AvgIpc) is 3.76. The number of benzene rings is 3. The summed E-state index contributed by atoms with van der Waals surface area (Å²) in [6.45, 7) is 2.02. The second-order valence-corrected chi connectivity index (χ2v) is 11.7. The molecule has 2 aliphatic rings. The van der Waals surface area contributed by atoms with Crippen molar-refractivity contribution in [3.8, 4) is 22.8 Å². The van der Waals surface area contributed by atoms with Crippen molar-refractivity contribution >= 4 is 45.0 Å². The van der Waals surface area contributed by atoms with Crippen LogP contribution in [0.3, 0.4) is 0 Å². The van der Waals surface area contributed by atoms with Crippen LogP contribution in [0.25, 0.3) is 23.1 Å². The molecular formula is C33H23BrN2O6S. The lowest BCUT2D eigenvalue weighted by atomic mass is 9.93. The van der Waals surface area contributed by atoms with Crippen LogP contribution in [-0.2, 0) is 9.53 Å². The number of rotatable bonds is 6. The van der Waals surface area contributed by atoms with Gasteiger partial charge in [-0.1, -0.05) is 75.8 Å². The van der Waals surface area contributed by atoms with Crippen LogP contribution >= 0.6 is 27.3 Å². The Morgan fingerprint density at radius 1 is 1.02 bits per heavy atom. The maximum atomic E-state index is 14.1. The molecule has 0 saturated heterocycles. The van der Waals surface area contributed by atoms with E-state index in [1.807, 2.05) is 72.8 Å². The fourth-order valence-electron chi connectivity index (χ4n) is 5.17. The van der Waals surface area contributed by atoms with Crippen LogP contribution in [0.5, 0.6) is 11.5 Å². The molecule has 0 fully saturated rings. The number of aromatic nitrogens is 1. The third kappa shape index (κ3) is 5.02. The average molecular weight is 656 g/mol. The van der Waals surface area contributed by atoms with Crippen LogP contribution in [0.1, 0.15) is 29.9 Å². The molecule has 214 valence electrons. The van der Waals surface area contributed by atoms with Crippen LogP contribution in [0, 0.1) is 0 Å². The standard InChI is InChI=1S/C33H23BrN2O6S/c1-2-39-32(38)28-29(20-6-4-3-5-7-20)35-33-36(30(28)21-10-14-25-26(16-21)41-18-40-25)31(37)27(43-33)17-23-13-15-24(42-23)19-8-11-22(34)12-9-19/h3-17,30H,2,18H2,1H3/b27-17-. The molecule has 0 aliphatic carbocycles. The summed E-state index contributed by atoms with van der Waals surface area (Å²) >= 11 is 4.69. The number of thiazole rings is 1. The van der Waals surface area contributed by atoms with E-state index in [4.69, 9.17) is 23.6 Å². The molecule has 0 bridgehead atoms. The molecule has 0 N–H and O–H groups in total. The topological polar surface area (TPSA) is 92.3 Å². The zero-order valence-electron chi connectivity index (χ0n) is 22.8. The Labute approximate surface area is 257 Å². The van der Waals surface area contributed by atoms with Crippen LogP contribution in [0.15, 0.2) is 109 Å². The maximum absolute atomic E-state index is 14.1. The molecule has 7 rings (SSSR count). The number of hydrogen-bond donors (Lipinski definition) is 0. The zero-order valence-corrected chi connectivity index (χ0v) is 25.2. The van der Waals surface area contributed by atoms with E-state index in [1.165, 1.54) is 11.3 Å². The molecule has 2 aliphatic heterocycles. The first-order valence-corrected chi connectivity index (χ1v) is 15.1. The Bertz CT molecular complexity index is 2080. The van der Waals surface area contributed by atoms with E-state index >= 15 is 0 Å². The maximum Gasteiger partial charge on any atom is 0.338 e. The summed E-state index contributed by atoms with van der Waals surface area (Å²) in [5.41, 5.74) is 2.73. The Morgan fingerprint density at radius 2 is 1.81 bits per heavy atom. The third-order valence-electron chi connectivity index (χ3n) is 7.11. The number of carbonyl (C=O) groups excluding carboxylic acids is 1. The number of fused-ring (bicyclic) bond motifs is 2. The van der Waals surface area contributed by atoms with Crippen LogP contribution in [0.4, 0.5) is 0 Å². The van der Waals surface area contributed by atoms with Crippen molar-refractivity contribution < 1.29 is 23.4 Å². The summed E-state index contributed by atoms with van der Waals surface area (Å²) in [5, 5.41) is 0. The van der Waals surface area contributed by atoms with Crippen molar-refractivity contribution in [2.24, 2.45) is 4.99 Å². The molecule has 3 aromatic carbocycles. The lowest BCUT2D eigenvalue weighted by Crippen LogP contribution is -2.40. The molecule has 1 unspecified atom stereocenters. The van der Waals surface area contributed by atoms with Crippen molar-refractivity contribution in [3.05, 3.63) is 132 Å². The molecule has 0 amide bonds. The molecule has 43 heavy (non-hydrogen) atoms. The highest BCUT2D eigenvalue weighted by molar-refractivity contribution is 9.10. The van der Waals surface area contributed by atoms with Crippen molar-refractivity contribution in [1.82, 2.24) is 4.57 Å². The van der Waals surface area contributed by atoms with Gasteiger partial charge in [-0.25, -0.2) is 9.79 Å². The Morgan fingerprint density at radius 3 is 2.60 bits per heavy atom. The van der Waals surface area contributed by atoms with Gasteiger partial charge in [0, 0.05) is 21.7 Å². The van der Waals surface area contributed by atoms with Crippen LogP contribution in [0.2, 0.25) is 0 Å². The third-order valence-corrected chi connectivity index (χ3v) is 8.63. The monoisotopic (exact) mass is 654 g/mol. The van der Waals surface area contributed by atoms with E-state index in [9.17, 15) is 9.59 Å². The van der Waals surface area contributed by atoms with Crippen molar-refractivity contribution in [3.63, 3.8) is 0 Å². The minimum absolute atomic E-state index is 0.1000. The first kappa shape index (κ1) is 27.2. The Hall–Kier alpha value is -4.67. The molecule has 0 spiro atoms. The Balaban J connectivity index is 1.43. The molecule has 2 aromatic heterocycles. The number of halogens is 1. The predicted octanol–water partition coefficient (Wildman–Crippen LogP) is 5.69. The summed E-state index contributed by atoms with van der Waals surface area (Å²) in [6.07, 6.45) is 1.71. The number of nitrogens with zero attached hydrogens (tertiary/aromatic N) is 2. The molecule has 10 heteroatoms. The Kier molecular flexibility index (Phi) is 7.08. The van der Waals surface area contributed by atoms with E-state index in [-0.39, 0.29) is 24.5 Å². The minimum atomic E-state index is -0.822. The van der Waals surface area contributed by atoms with Crippen molar-refractivity contribution in [2.75, 3.05) is 13.4 Å². The summed E-state index contributed by atoms with van der Waals surface area (Å²) in [6, 6.07) is 25.5. The quantitative estimate of drug-likeness (QED) is 0.219. The van der Waals surface area contributed by atoms with Crippen LogP contribution < -0.4 is 24.4 Å². The number of carbonyl (C=O) groups is 1. The summed E-state index contributed by atoms with van der Waals surface area (Å²) < 4.78 is 25.7. The van der Waals surface area contributed by atoms with Gasteiger partial charge in [0.05, 0.1) is 28.5 Å². The first-order chi connectivity index (χ1) is 21.0. The smallest absolute Gasteiger partial charge is 0.338 e. The van der Waals surface area contributed by atoms with Gasteiger partial charge in [0.25, 0.3) is 5.56 Å². The van der Waals surface area contributed by atoms with Crippen molar-refractivity contribution in [2.45, 2.75) is 13.0 Å². The van der Waals surface area contributed by atoms with E-state index in [0.29, 0.717) is 43.6 Å². The molecular weight excluding hydrogens is 632 g/mol. The fourth-order valence-corrected chi connectivity index (χ4v) is 6.41. The lowest BCUT2D eigenvalue weighted by molar-refractivity contribution is -0.138. The van der Waals surface area contributed by atoms with Gasteiger partial charge < -0.3 is 18.6 Å². The van der Waals surface area contributed by atoms with E-state index < -0.39 is 12.0 Å². The van der Waals surface area contributed by atoms with E-state index in [1.54, 1.807) is 29.7 Å². The first-order valence-electron chi connectivity index (χ1n) is 13.5. The van der Waals surface area contributed by atoms with Gasteiger partial charge in [-0.2, -0.15) is 0 Å². The fraction of sp³-hybridized carbons (Fsp3) is 0.121. The van der Waals surface area contributed by atoms with Crippen LogP contribution in [-0.4, -0.2) is 23.9 Å². The van der Waals surface area contributed by atoms with Gasteiger partial charge in [0.2, 0.25) is 6.79 Å². The van der Waals surface area contributed by atoms with Gasteiger partial charge in [0.15, 0.2) is 16.3 Å². The highest BCUT2D eigenvalue weighted by Crippen LogP contribution is 2.40. The number of esters is 1. The van der Waals surface area contributed by atoms with Gasteiger partial charge in [-0.3, -0.25) is 9.36 Å². The predicted molar refractivity (Wildman–Crippen MR) is 165 cm³/mol. The second-order valence-electron chi connectivity index (χ2n) is 9.75. The lowest BCUT2D eigenvalue weighted by Gasteiger charge is -2.26. The number of furan rings is 1. The van der Waals surface area contributed by atoms with Gasteiger partial charge in [0.1, 0.15) is 11.5 Å². The van der Waals surface area contributed by atoms with E-state index in [2.05, 4.69) is 15.9 Å². The summed E-state index contributed by atoms with van der Waals surface area (Å²) in [5.74, 6) is 1.79. The van der Waals surface area contributed by atoms with Gasteiger partial charge in [-0.15, -0.1) is 0 Å². The highest BCUT2D eigenvalue weighted by atomic mass is 79.9. The minimum Gasteiger partial charge on any atom is -0.463 e. The van der Waals surface area contributed by atoms with Crippen molar-refractivity contribution in [1.29, 1.82) is 0 Å². The van der Waals surface area contributed by atoms with Gasteiger partial charge >= 0.3 is 5.97 Å². The largest absolute Gasteiger partial charge is 0.463 e. The molecule has 0 radical (unpaired) electrons. The summed E-state index contributed by atoms with van der Waals surface area (Å²) in [7, 11) is 0. The summed E-state index contributed by atoms with van der Waals surface area (Å²) in [4.78, 5) is 33.1. The molecule has 4 heterocycles. The second kappa shape index (κ2) is 11.2. The molecule has 0 saturated carbocycles. The zero-order chi connectivity index (χ0) is 29.5. The molecule has 5 aromatic rings.